The van der Waals surface area contributed by atoms with Crippen molar-refractivity contribution in [3.05, 3.63) is 42.2 Å². The predicted molar refractivity (Wildman–Crippen MR) is 108 cm³/mol. The molecular formula is C20H29N5O3. The van der Waals surface area contributed by atoms with Gasteiger partial charge < -0.3 is 24.4 Å². The highest BCUT2D eigenvalue weighted by molar-refractivity contribution is 5.80. The van der Waals surface area contributed by atoms with Gasteiger partial charge in [0.2, 0.25) is 0 Å². The van der Waals surface area contributed by atoms with E-state index in [9.17, 15) is 0 Å². The first-order valence-corrected chi connectivity index (χ1v) is 9.52. The summed E-state index contributed by atoms with van der Waals surface area (Å²) in [5, 5.41) is 7.66. The fourth-order valence-electron chi connectivity index (χ4n) is 3.12. The summed E-state index contributed by atoms with van der Waals surface area (Å²) >= 11 is 0. The van der Waals surface area contributed by atoms with Crippen LogP contribution in [0, 0.1) is 0 Å². The van der Waals surface area contributed by atoms with Gasteiger partial charge in [-0.1, -0.05) is 0 Å². The second-order valence-corrected chi connectivity index (χ2v) is 6.60. The summed E-state index contributed by atoms with van der Waals surface area (Å²) in [6, 6.07) is 7.62. The van der Waals surface area contributed by atoms with Crippen molar-refractivity contribution in [1.82, 2.24) is 20.0 Å². The van der Waals surface area contributed by atoms with Crippen LogP contribution in [0.25, 0.3) is 0 Å². The van der Waals surface area contributed by atoms with E-state index in [0.29, 0.717) is 13.2 Å². The lowest BCUT2D eigenvalue weighted by atomic mass is 10.1. The first-order chi connectivity index (χ1) is 13.7. The van der Waals surface area contributed by atoms with E-state index in [1.54, 1.807) is 11.8 Å². The first kappa shape index (κ1) is 20.0. The molecule has 1 aromatic heterocycles. The number of methoxy groups -OCH3 is 1. The maximum atomic E-state index is 5.90. The van der Waals surface area contributed by atoms with Gasteiger partial charge in [-0.05, 0) is 30.7 Å². The molecule has 1 aliphatic heterocycles. The second-order valence-electron chi connectivity index (χ2n) is 6.60. The van der Waals surface area contributed by atoms with Gasteiger partial charge >= 0.3 is 0 Å². The lowest BCUT2D eigenvalue weighted by Gasteiger charge is -2.34. The zero-order valence-corrected chi connectivity index (χ0v) is 16.8. The van der Waals surface area contributed by atoms with Crippen molar-refractivity contribution in [2.45, 2.75) is 12.5 Å². The molecule has 152 valence electrons. The van der Waals surface area contributed by atoms with Crippen molar-refractivity contribution in [3.8, 4) is 11.5 Å². The van der Waals surface area contributed by atoms with E-state index < -0.39 is 0 Å². The van der Waals surface area contributed by atoms with Crippen molar-refractivity contribution in [2.24, 2.45) is 12.0 Å². The van der Waals surface area contributed by atoms with Crippen LogP contribution in [0.3, 0.4) is 0 Å². The predicted octanol–water partition coefficient (Wildman–Crippen LogP) is 1.85. The summed E-state index contributed by atoms with van der Waals surface area (Å²) in [5.74, 6) is 2.56. The summed E-state index contributed by atoms with van der Waals surface area (Å²) < 4.78 is 18.6. The van der Waals surface area contributed by atoms with Crippen molar-refractivity contribution in [1.29, 1.82) is 0 Å². The molecule has 0 radical (unpaired) electrons. The lowest BCUT2D eigenvalue weighted by Crippen LogP contribution is -2.48. The van der Waals surface area contributed by atoms with Gasteiger partial charge in [0.05, 0.1) is 33.1 Å². The second kappa shape index (κ2) is 9.98. The Bertz CT molecular complexity index is 759. The number of hydrogen-bond donors (Lipinski definition) is 1. The maximum absolute atomic E-state index is 5.90. The van der Waals surface area contributed by atoms with Gasteiger partial charge in [0.1, 0.15) is 17.6 Å². The molecule has 8 nitrogen and oxygen atoms in total. The number of morpholine rings is 1. The molecule has 2 aromatic rings. The third kappa shape index (κ3) is 5.39. The SMILES string of the molecule is CN=C(NCCCOc1ccc(OC)cc1)N1CCOC(c2cnn(C)c2)C1. The number of ether oxygens (including phenoxy) is 3. The Labute approximate surface area is 166 Å². The van der Waals surface area contributed by atoms with Gasteiger partial charge in [-0.2, -0.15) is 5.10 Å². The largest absolute Gasteiger partial charge is 0.497 e. The molecule has 28 heavy (non-hydrogen) atoms. The fraction of sp³-hybridized carbons (Fsp3) is 0.500. The Morgan fingerprint density at radius 2 is 2.11 bits per heavy atom. The molecule has 0 bridgehead atoms. The molecule has 1 unspecified atom stereocenters. The van der Waals surface area contributed by atoms with Crippen LogP contribution < -0.4 is 14.8 Å². The molecule has 1 fully saturated rings. The number of guanidine groups is 1. The van der Waals surface area contributed by atoms with E-state index >= 15 is 0 Å². The molecule has 0 saturated carbocycles. The molecule has 0 amide bonds. The van der Waals surface area contributed by atoms with Crippen LogP contribution in [0.4, 0.5) is 0 Å². The molecule has 3 rings (SSSR count). The summed E-state index contributed by atoms with van der Waals surface area (Å²) in [4.78, 5) is 6.65. The number of nitrogens with one attached hydrogen (secondary N) is 1. The van der Waals surface area contributed by atoms with Gasteiger partial charge in [0.25, 0.3) is 0 Å². The molecule has 1 atom stereocenters. The normalized spacial score (nSPS) is 17.5. The molecule has 1 aliphatic rings. The highest BCUT2D eigenvalue weighted by Crippen LogP contribution is 2.21. The van der Waals surface area contributed by atoms with E-state index in [0.717, 1.165) is 49.1 Å². The maximum Gasteiger partial charge on any atom is 0.193 e. The van der Waals surface area contributed by atoms with Gasteiger partial charge in [0, 0.05) is 38.9 Å². The van der Waals surface area contributed by atoms with Crippen molar-refractivity contribution < 1.29 is 14.2 Å². The van der Waals surface area contributed by atoms with Crippen LogP contribution in [0.5, 0.6) is 11.5 Å². The standard InChI is InChI=1S/C20H29N5O3/c1-21-20(22-9-4-11-27-18-7-5-17(26-3)6-8-18)25-10-12-28-19(15-25)16-13-23-24(2)14-16/h5-8,13-14,19H,4,9-12,15H2,1-3H3,(H,21,22). The number of benzene rings is 1. The van der Waals surface area contributed by atoms with Crippen LogP contribution in [0.15, 0.2) is 41.7 Å². The number of aromatic nitrogens is 2. The first-order valence-electron chi connectivity index (χ1n) is 9.52. The zero-order chi connectivity index (χ0) is 19.8. The monoisotopic (exact) mass is 387 g/mol. The van der Waals surface area contributed by atoms with Crippen LogP contribution in [-0.2, 0) is 11.8 Å². The molecule has 8 heteroatoms. The van der Waals surface area contributed by atoms with Gasteiger partial charge in [-0.3, -0.25) is 9.67 Å². The average Bonchev–Trinajstić information content (AvgIpc) is 3.17. The van der Waals surface area contributed by atoms with Crippen molar-refractivity contribution in [2.75, 3.05) is 47.0 Å². The summed E-state index contributed by atoms with van der Waals surface area (Å²) in [7, 11) is 5.38. The number of nitrogens with zero attached hydrogens (tertiary/aromatic N) is 4. The summed E-state index contributed by atoms with van der Waals surface area (Å²) in [6.07, 6.45) is 4.75. The Morgan fingerprint density at radius 1 is 1.32 bits per heavy atom. The molecular weight excluding hydrogens is 358 g/mol. The Kier molecular flexibility index (Phi) is 7.13. The summed E-state index contributed by atoms with van der Waals surface area (Å²) in [5.41, 5.74) is 1.09. The van der Waals surface area contributed by atoms with Crippen LogP contribution in [0.1, 0.15) is 18.1 Å². The molecule has 0 aliphatic carbocycles. The number of aliphatic imine (C=N–C) groups is 1. The van der Waals surface area contributed by atoms with Gasteiger partial charge in [0.15, 0.2) is 5.96 Å². The zero-order valence-electron chi connectivity index (χ0n) is 16.8. The number of hydrogen-bond acceptors (Lipinski definition) is 5. The van der Waals surface area contributed by atoms with Crippen molar-refractivity contribution in [3.63, 3.8) is 0 Å². The van der Waals surface area contributed by atoms with Crippen LogP contribution in [0.2, 0.25) is 0 Å². The van der Waals surface area contributed by atoms with Gasteiger partial charge in [-0.15, -0.1) is 0 Å². The number of rotatable bonds is 7. The van der Waals surface area contributed by atoms with E-state index in [1.165, 1.54) is 0 Å². The van der Waals surface area contributed by atoms with E-state index in [1.807, 2.05) is 50.8 Å². The van der Waals surface area contributed by atoms with Gasteiger partial charge in [-0.25, -0.2) is 0 Å². The van der Waals surface area contributed by atoms with Crippen molar-refractivity contribution >= 4 is 5.96 Å². The Morgan fingerprint density at radius 3 is 2.79 bits per heavy atom. The highest BCUT2D eigenvalue weighted by atomic mass is 16.5. The third-order valence-electron chi connectivity index (χ3n) is 4.61. The van der Waals surface area contributed by atoms with Crippen LogP contribution >= 0.6 is 0 Å². The Hall–Kier alpha value is -2.74. The van der Waals surface area contributed by atoms with E-state index in [4.69, 9.17) is 14.2 Å². The molecule has 1 N–H and O–H groups in total. The minimum atomic E-state index is 0.0133. The molecule has 0 spiro atoms. The minimum absolute atomic E-state index is 0.0133. The average molecular weight is 387 g/mol. The fourth-order valence-corrected chi connectivity index (χ4v) is 3.12. The minimum Gasteiger partial charge on any atom is -0.497 e. The number of aryl methyl sites for hydroxylation is 1. The molecule has 2 heterocycles. The quantitative estimate of drug-likeness (QED) is 0.444. The topological polar surface area (TPSA) is 73.1 Å². The molecule has 1 saturated heterocycles. The van der Waals surface area contributed by atoms with E-state index in [2.05, 4.69) is 20.3 Å². The summed E-state index contributed by atoms with van der Waals surface area (Å²) in [6.45, 7) is 3.67. The van der Waals surface area contributed by atoms with E-state index in [-0.39, 0.29) is 6.10 Å². The Balaban J connectivity index is 1.41. The molecule has 1 aromatic carbocycles. The van der Waals surface area contributed by atoms with Crippen LogP contribution in [-0.4, -0.2) is 67.6 Å². The third-order valence-corrected chi connectivity index (χ3v) is 4.61. The highest BCUT2D eigenvalue weighted by Gasteiger charge is 2.24. The smallest absolute Gasteiger partial charge is 0.193 e. The lowest BCUT2D eigenvalue weighted by molar-refractivity contribution is -0.00803.